The van der Waals surface area contributed by atoms with Crippen molar-refractivity contribution in [2.45, 2.75) is 19.4 Å². The number of aromatic nitrogens is 2. The molecule has 4 nitrogen and oxygen atoms in total. The Balaban J connectivity index is 2.06. The van der Waals surface area contributed by atoms with Crippen LogP contribution in [0, 0.1) is 0 Å². The van der Waals surface area contributed by atoms with E-state index < -0.39 is 5.60 Å². The van der Waals surface area contributed by atoms with E-state index in [1.807, 2.05) is 72.4 Å². The molecule has 1 heterocycles. The van der Waals surface area contributed by atoms with E-state index in [4.69, 9.17) is 5.73 Å². The Morgan fingerprint density at radius 3 is 2.62 bits per heavy atom. The van der Waals surface area contributed by atoms with E-state index in [9.17, 15) is 5.11 Å². The number of rotatable bonds is 5. The second-order valence-corrected chi connectivity index (χ2v) is 6.33. The van der Waals surface area contributed by atoms with Gasteiger partial charge in [-0.05, 0) is 61.4 Å². The molecule has 1 unspecified atom stereocenters. The molecule has 1 atom stereocenters. The van der Waals surface area contributed by atoms with Gasteiger partial charge in [-0.3, -0.25) is 0 Å². The first-order valence-corrected chi connectivity index (χ1v) is 8.50. The third-order valence-electron chi connectivity index (χ3n) is 4.56. The van der Waals surface area contributed by atoms with Crippen molar-refractivity contribution in [2.75, 3.05) is 0 Å². The first kappa shape index (κ1) is 17.7. The number of aliphatic hydroxyl groups is 1. The number of para-hydroxylation sites is 1. The van der Waals surface area contributed by atoms with E-state index in [2.05, 4.69) is 11.7 Å². The van der Waals surface area contributed by atoms with Crippen LogP contribution in [0.1, 0.15) is 19.4 Å². The molecule has 3 rings (SSSR count). The van der Waals surface area contributed by atoms with E-state index in [-0.39, 0.29) is 0 Å². The average molecular weight is 345 g/mol. The zero-order valence-corrected chi connectivity index (χ0v) is 15.1. The fourth-order valence-electron chi connectivity index (χ4n) is 3.02. The van der Waals surface area contributed by atoms with Crippen molar-refractivity contribution < 1.29 is 5.11 Å². The molecule has 3 aromatic rings. The molecule has 0 amide bonds. The van der Waals surface area contributed by atoms with Gasteiger partial charge in [-0.25, -0.2) is 4.68 Å². The lowest BCUT2D eigenvalue weighted by Crippen LogP contribution is -2.23. The number of nitrogens with zero attached hydrogens (tertiary/aromatic N) is 2. The Labute approximate surface area is 153 Å². The minimum absolute atomic E-state index is 0.511. The average Bonchev–Trinajstić information content (AvgIpc) is 3.09. The molecule has 0 radical (unpaired) electrons. The molecule has 0 bridgehead atoms. The van der Waals surface area contributed by atoms with Crippen LogP contribution in [0.15, 0.2) is 90.8 Å². The van der Waals surface area contributed by atoms with Gasteiger partial charge in [-0.15, -0.1) is 0 Å². The van der Waals surface area contributed by atoms with Crippen LogP contribution in [0.5, 0.6) is 0 Å². The lowest BCUT2D eigenvalue weighted by atomic mass is 9.86. The van der Waals surface area contributed by atoms with Gasteiger partial charge in [0.15, 0.2) is 0 Å². The van der Waals surface area contributed by atoms with E-state index in [1.165, 1.54) is 0 Å². The molecule has 0 aliphatic rings. The SMILES string of the molecule is C=C/C(N)=C\C(=C/C)C(C)(O)c1ccc2c(cnn2-c2ccccc2)c1. The lowest BCUT2D eigenvalue weighted by Gasteiger charge is -2.26. The van der Waals surface area contributed by atoms with Crippen molar-refractivity contribution in [3.63, 3.8) is 0 Å². The van der Waals surface area contributed by atoms with Gasteiger partial charge < -0.3 is 10.8 Å². The molecule has 1 aromatic heterocycles. The molecule has 0 saturated carbocycles. The van der Waals surface area contributed by atoms with Crippen LogP contribution < -0.4 is 5.73 Å². The number of fused-ring (bicyclic) bond motifs is 1. The van der Waals surface area contributed by atoms with Crippen molar-refractivity contribution in [1.82, 2.24) is 9.78 Å². The molecule has 0 aliphatic heterocycles. The highest BCUT2D eigenvalue weighted by atomic mass is 16.3. The Morgan fingerprint density at radius 2 is 1.96 bits per heavy atom. The number of hydrogen-bond acceptors (Lipinski definition) is 3. The maximum Gasteiger partial charge on any atom is 0.112 e. The summed E-state index contributed by atoms with van der Waals surface area (Å²) in [6.07, 6.45) is 6.97. The largest absolute Gasteiger partial charge is 0.399 e. The fraction of sp³-hybridized carbons (Fsp3) is 0.136. The molecule has 0 fully saturated rings. The van der Waals surface area contributed by atoms with Crippen LogP contribution in [0.25, 0.3) is 16.6 Å². The molecule has 2 aromatic carbocycles. The maximum absolute atomic E-state index is 11.1. The summed E-state index contributed by atoms with van der Waals surface area (Å²) in [5.41, 5.74) is 8.67. The van der Waals surface area contributed by atoms with Gasteiger partial charge in [0.1, 0.15) is 5.60 Å². The van der Waals surface area contributed by atoms with Crippen molar-refractivity contribution >= 4 is 10.9 Å². The Morgan fingerprint density at radius 1 is 1.23 bits per heavy atom. The summed E-state index contributed by atoms with van der Waals surface area (Å²) in [7, 11) is 0. The standard InChI is InChI=1S/C22H23N3O/c1-4-17(14-19(23)5-2)22(3,26)18-11-12-21-16(13-18)15-24-25(21)20-9-7-6-8-10-20/h4-15,26H,2,23H2,1,3H3/b17-4+,19-14+. The minimum Gasteiger partial charge on any atom is -0.399 e. The molecular formula is C22H23N3O. The first-order valence-electron chi connectivity index (χ1n) is 8.50. The predicted molar refractivity (Wildman–Crippen MR) is 107 cm³/mol. The third-order valence-corrected chi connectivity index (χ3v) is 4.56. The Kier molecular flexibility index (Phi) is 4.78. The summed E-state index contributed by atoms with van der Waals surface area (Å²) in [6, 6.07) is 15.8. The number of hydrogen-bond donors (Lipinski definition) is 2. The maximum atomic E-state index is 11.1. The highest BCUT2D eigenvalue weighted by molar-refractivity contribution is 5.81. The monoisotopic (exact) mass is 345 g/mol. The molecule has 3 N–H and O–H groups in total. The lowest BCUT2D eigenvalue weighted by molar-refractivity contribution is 0.101. The Bertz CT molecular complexity index is 995. The topological polar surface area (TPSA) is 64.1 Å². The summed E-state index contributed by atoms with van der Waals surface area (Å²) in [4.78, 5) is 0. The quantitative estimate of drug-likeness (QED) is 0.681. The normalized spacial score (nSPS) is 15.0. The first-order chi connectivity index (χ1) is 12.5. The van der Waals surface area contributed by atoms with Gasteiger partial charge in [0.25, 0.3) is 0 Å². The molecular weight excluding hydrogens is 322 g/mol. The summed E-state index contributed by atoms with van der Waals surface area (Å²) >= 11 is 0. The minimum atomic E-state index is -1.18. The van der Waals surface area contributed by atoms with E-state index in [0.717, 1.165) is 22.2 Å². The van der Waals surface area contributed by atoms with Gasteiger partial charge in [0.05, 0.1) is 17.4 Å². The highest BCUT2D eigenvalue weighted by Crippen LogP contribution is 2.32. The van der Waals surface area contributed by atoms with Gasteiger partial charge in [-0.1, -0.05) is 36.9 Å². The zero-order valence-electron chi connectivity index (χ0n) is 15.1. The second-order valence-electron chi connectivity index (χ2n) is 6.33. The van der Waals surface area contributed by atoms with Crippen LogP contribution in [0.4, 0.5) is 0 Å². The van der Waals surface area contributed by atoms with Crippen molar-refractivity contribution in [3.05, 3.63) is 96.4 Å². The van der Waals surface area contributed by atoms with E-state index >= 15 is 0 Å². The molecule has 132 valence electrons. The predicted octanol–water partition coefficient (Wildman–Crippen LogP) is 4.21. The second kappa shape index (κ2) is 7.02. The summed E-state index contributed by atoms with van der Waals surface area (Å²) in [6.45, 7) is 7.30. The van der Waals surface area contributed by atoms with Crippen molar-refractivity contribution in [3.8, 4) is 5.69 Å². The van der Waals surface area contributed by atoms with Gasteiger partial charge >= 0.3 is 0 Å². The number of benzene rings is 2. The third kappa shape index (κ3) is 3.19. The Hall–Kier alpha value is -3.11. The molecule has 0 aliphatic carbocycles. The van der Waals surface area contributed by atoms with Crippen molar-refractivity contribution in [2.24, 2.45) is 5.73 Å². The highest BCUT2D eigenvalue weighted by Gasteiger charge is 2.27. The van der Waals surface area contributed by atoms with Crippen LogP contribution >= 0.6 is 0 Å². The van der Waals surface area contributed by atoms with Gasteiger partial charge in [0.2, 0.25) is 0 Å². The number of allylic oxidation sites excluding steroid dienone is 2. The molecule has 0 spiro atoms. The van der Waals surface area contributed by atoms with Crippen molar-refractivity contribution in [1.29, 1.82) is 0 Å². The summed E-state index contributed by atoms with van der Waals surface area (Å²) < 4.78 is 1.89. The van der Waals surface area contributed by atoms with E-state index in [1.54, 1.807) is 19.1 Å². The molecule has 26 heavy (non-hydrogen) atoms. The molecule has 0 saturated heterocycles. The van der Waals surface area contributed by atoms with Crippen LogP contribution in [0.2, 0.25) is 0 Å². The number of nitrogens with two attached hydrogens (primary N) is 1. The molecule has 4 heteroatoms. The summed E-state index contributed by atoms with van der Waals surface area (Å²) in [5, 5.41) is 16.6. The summed E-state index contributed by atoms with van der Waals surface area (Å²) in [5.74, 6) is 0. The van der Waals surface area contributed by atoms with Crippen LogP contribution in [-0.2, 0) is 5.60 Å². The smallest absolute Gasteiger partial charge is 0.112 e. The fourth-order valence-corrected chi connectivity index (χ4v) is 3.02. The zero-order chi connectivity index (χ0) is 18.7. The van der Waals surface area contributed by atoms with Gasteiger partial charge in [-0.2, -0.15) is 5.10 Å². The van der Waals surface area contributed by atoms with Crippen LogP contribution in [0.3, 0.4) is 0 Å². The van der Waals surface area contributed by atoms with Crippen LogP contribution in [-0.4, -0.2) is 14.9 Å². The van der Waals surface area contributed by atoms with Gasteiger partial charge in [0, 0.05) is 11.1 Å². The van der Waals surface area contributed by atoms with E-state index in [0.29, 0.717) is 11.3 Å².